The van der Waals surface area contributed by atoms with Crippen molar-refractivity contribution in [1.82, 2.24) is 24.5 Å². The Morgan fingerprint density at radius 3 is 2.61 bits per heavy atom. The number of aliphatic imine (C=N–C) groups is 1. The summed E-state index contributed by atoms with van der Waals surface area (Å²) >= 11 is 0. The van der Waals surface area contributed by atoms with Crippen LogP contribution in [0.15, 0.2) is 60.2 Å². The number of fused-ring (bicyclic) bond motifs is 1. The molecule has 0 saturated carbocycles. The molecule has 0 aromatic carbocycles. The zero-order valence-electron chi connectivity index (χ0n) is 23.2. The predicted molar refractivity (Wildman–Crippen MR) is 156 cm³/mol. The summed E-state index contributed by atoms with van der Waals surface area (Å²) in [7, 11) is 1.56. The van der Waals surface area contributed by atoms with E-state index >= 15 is 0 Å². The fourth-order valence-electron chi connectivity index (χ4n) is 4.43. The highest BCUT2D eigenvalue weighted by molar-refractivity contribution is 5.94. The molecule has 1 N–H and O–H groups in total. The number of ether oxygens (including phenoxy) is 2. The molecule has 5 rings (SSSR count). The summed E-state index contributed by atoms with van der Waals surface area (Å²) in [6.07, 6.45) is 8.38. The Kier molecular flexibility index (Phi) is 7.85. The predicted octanol–water partition coefficient (Wildman–Crippen LogP) is 2.98. The third-order valence-corrected chi connectivity index (χ3v) is 6.54. The van der Waals surface area contributed by atoms with E-state index in [1.165, 1.54) is 0 Å². The monoisotopic (exact) mass is 553 g/mol. The first kappa shape index (κ1) is 27.6. The van der Waals surface area contributed by atoms with Gasteiger partial charge in [-0.05, 0) is 44.8 Å². The number of carbonyl (C=O) groups excluding carboxylic acids is 1. The van der Waals surface area contributed by atoms with Gasteiger partial charge in [0.1, 0.15) is 29.6 Å². The van der Waals surface area contributed by atoms with E-state index in [0.717, 1.165) is 22.5 Å². The molecule has 0 atom stereocenters. The fraction of sp³-hybridized carbons (Fsp3) is 0.300. The Morgan fingerprint density at radius 1 is 1.12 bits per heavy atom. The Hall–Kier alpha value is -4.95. The molecule has 11 nitrogen and oxygen atoms in total. The molecule has 1 fully saturated rings. The number of hydrogen-bond acceptors (Lipinski definition) is 9. The van der Waals surface area contributed by atoms with E-state index in [1.807, 2.05) is 18.2 Å². The molecule has 1 saturated heterocycles. The quantitative estimate of drug-likeness (QED) is 0.274. The normalized spacial score (nSPS) is 13.5. The minimum Gasteiger partial charge on any atom is -0.495 e. The zero-order valence-corrected chi connectivity index (χ0v) is 23.2. The third kappa shape index (κ3) is 6.45. The van der Waals surface area contributed by atoms with Crippen LogP contribution in [0, 0.1) is 11.8 Å². The molecule has 41 heavy (non-hydrogen) atoms. The summed E-state index contributed by atoms with van der Waals surface area (Å²) < 4.78 is 12.7. The Labute approximate surface area is 238 Å². The molecule has 1 aliphatic rings. The van der Waals surface area contributed by atoms with Gasteiger partial charge in [-0.3, -0.25) is 14.8 Å². The van der Waals surface area contributed by atoms with Crippen molar-refractivity contribution in [3.8, 4) is 34.5 Å². The number of piperazine rings is 1. The number of rotatable bonds is 7. The topological polar surface area (TPSA) is 118 Å². The molecule has 1 amide bonds. The van der Waals surface area contributed by atoms with Crippen molar-refractivity contribution in [2.24, 2.45) is 4.99 Å². The maximum Gasteiger partial charge on any atom is 0.298 e. The highest BCUT2D eigenvalue weighted by atomic mass is 16.5. The van der Waals surface area contributed by atoms with Gasteiger partial charge < -0.3 is 24.4 Å². The van der Waals surface area contributed by atoms with Crippen LogP contribution in [0.1, 0.15) is 19.4 Å². The van der Waals surface area contributed by atoms with Gasteiger partial charge in [0.15, 0.2) is 0 Å². The number of methoxy groups -OCH3 is 1. The SMILES string of the molecule is C=Nc1cnn2cc(OCC(C)(C)O)cc(-c3ccc(N4CCN(C(=O)C#Cc5cncc(OC)c5)CC4)nc3)c12. The molecule has 5 heterocycles. The van der Waals surface area contributed by atoms with E-state index in [1.54, 1.807) is 67.4 Å². The summed E-state index contributed by atoms with van der Waals surface area (Å²) in [5.74, 6) is 7.32. The number of hydrogen-bond donors (Lipinski definition) is 1. The van der Waals surface area contributed by atoms with Crippen LogP contribution in [-0.4, -0.2) is 87.7 Å². The molecule has 1 aliphatic heterocycles. The van der Waals surface area contributed by atoms with E-state index < -0.39 is 5.60 Å². The van der Waals surface area contributed by atoms with E-state index in [2.05, 4.69) is 38.5 Å². The summed E-state index contributed by atoms with van der Waals surface area (Å²) in [6.45, 7) is 9.53. The lowest BCUT2D eigenvalue weighted by molar-refractivity contribution is -0.125. The molecule has 210 valence electrons. The van der Waals surface area contributed by atoms with Gasteiger partial charge in [-0.1, -0.05) is 5.92 Å². The van der Waals surface area contributed by atoms with Gasteiger partial charge in [0, 0.05) is 61.2 Å². The van der Waals surface area contributed by atoms with Crippen LogP contribution >= 0.6 is 0 Å². The second-order valence-corrected chi connectivity index (χ2v) is 10.2. The van der Waals surface area contributed by atoms with Gasteiger partial charge in [0.05, 0.1) is 36.8 Å². The average molecular weight is 554 g/mol. The van der Waals surface area contributed by atoms with Crippen LogP contribution in [0.5, 0.6) is 11.5 Å². The summed E-state index contributed by atoms with van der Waals surface area (Å²) in [4.78, 5) is 29.4. The average Bonchev–Trinajstić information content (AvgIpc) is 3.41. The molecule has 0 spiro atoms. The van der Waals surface area contributed by atoms with Crippen LogP contribution < -0.4 is 14.4 Å². The van der Waals surface area contributed by atoms with Gasteiger partial charge >= 0.3 is 0 Å². The summed E-state index contributed by atoms with van der Waals surface area (Å²) in [5, 5.41) is 14.5. The summed E-state index contributed by atoms with van der Waals surface area (Å²) in [5.41, 5.74) is 2.75. The minimum atomic E-state index is -0.981. The number of aliphatic hydroxyl groups is 1. The largest absolute Gasteiger partial charge is 0.495 e. The fourth-order valence-corrected chi connectivity index (χ4v) is 4.43. The van der Waals surface area contributed by atoms with E-state index in [9.17, 15) is 9.90 Å². The highest BCUT2D eigenvalue weighted by Gasteiger charge is 2.22. The van der Waals surface area contributed by atoms with Crippen molar-refractivity contribution in [3.63, 3.8) is 0 Å². The standard InChI is InChI=1S/C30H31N7O4/c1-30(2,39)20-41-24-14-25(29-26(31-3)18-34-37(29)19-24)22-6-7-27(33-16-22)35-9-11-36(12-10-35)28(38)8-5-21-13-23(40-4)17-32-15-21/h6-7,13-19,39H,3,9-12,20H2,1-2,4H3. The number of nitrogens with zero attached hydrogens (tertiary/aromatic N) is 7. The number of pyridine rings is 3. The van der Waals surface area contributed by atoms with Crippen molar-refractivity contribution in [2.45, 2.75) is 19.4 Å². The third-order valence-electron chi connectivity index (χ3n) is 6.54. The second kappa shape index (κ2) is 11.7. The molecule has 0 radical (unpaired) electrons. The molecular weight excluding hydrogens is 522 g/mol. The highest BCUT2D eigenvalue weighted by Crippen LogP contribution is 2.34. The Balaban J connectivity index is 1.28. The van der Waals surface area contributed by atoms with Crippen LogP contribution in [0.4, 0.5) is 11.5 Å². The van der Waals surface area contributed by atoms with E-state index in [-0.39, 0.29) is 12.5 Å². The second-order valence-electron chi connectivity index (χ2n) is 10.2. The van der Waals surface area contributed by atoms with Crippen LogP contribution in [0.3, 0.4) is 0 Å². The van der Waals surface area contributed by atoms with Gasteiger partial charge in [0.2, 0.25) is 0 Å². The van der Waals surface area contributed by atoms with Crippen molar-refractivity contribution in [3.05, 3.63) is 60.8 Å². The lowest BCUT2D eigenvalue weighted by atomic mass is 10.1. The molecular formula is C30H31N7O4. The van der Waals surface area contributed by atoms with Gasteiger partial charge in [-0.2, -0.15) is 5.10 Å². The van der Waals surface area contributed by atoms with E-state index in [4.69, 9.17) is 14.5 Å². The Morgan fingerprint density at radius 2 is 1.93 bits per heavy atom. The van der Waals surface area contributed by atoms with Crippen molar-refractivity contribution in [1.29, 1.82) is 0 Å². The number of amides is 1. The molecule has 4 aromatic heterocycles. The smallest absolute Gasteiger partial charge is 0.298 e. The molecule has 0 unspecified atom stereocenters. The Bertz CT molecular complexity index is 1620. The zero-order chi connectivity index (χ0) is 29.0. The number of anilines is 1. The van der Waals surface area contributed by atoms with Gasteiger partial charge in [-0.25, -0.2) is 9.50 Å². The van der Waals surface area contributed by atoms with E-state index in [0.29, 0.717) is 48.9 Å². The molecule has 4 aromatic rings. The minimum absolute atomic E-state index is 0.126. The maximum atomic E-state index is 12.7. The number of aromatic nitrogens is 4. The lowest BCUT2D eigenvalue weighted by Crippen LogP contribution is -2.48. The van der Waals surface area contributed by atoms with Crippen LogP contribution in [0.2, 0.25) is 0 Å². The van der Waals surface area contributed by atoms with Gasteiger partial charge in [0.25, 0.3) is 5.91 Å². The van der Waals surface area contributed by atoms with Gasteiger partial charge in [-0.15, -0.1) is 0 Å². The molecule has 11 heteroatoms. The van der Waals surface area contributed by atoms with Crippen LogP contribution in [0.25, 0.3) is 16.6 Å². The molecule has 0 aliphatic carbocycles. The first-order chi connectivity index (χ1) is 19.7. The maximum absolute atomic E-state index is 12.7. The summed E-state index contributed by atoms with van der Waals surface area (Å²) in [6, 6.07) is 7.58. The molecule has 0 bridgehead atoms. The first-order valence-corrected chi connectivity index (χ1v) is 13.1. The van der Waals surface area contributed by atoms with Crippen LogP contribution in [-0.2, 0) is 4.79 Å². The first-order valence-electron chi connectivity index (χ1n) is 13.1. The van der Waals surface area contributed by atoms with Crippen molar-refractivity contribution >= 4 is 29.6 Å². The lowest BCUT2D eigenvalue weighted by Gasteiger charge is -2.34. The number of carbonyl (C=O) groups is 1. The van der Waals surface area contributed by atoms with Crippen molar-refractivity contribution < 1.29 is 19.4 Å². The van der Waals surface area contributed by atoms with Crippen molar-refractivity contribution in [2.75, 3.05) is 44.8 Å².